The van der Waals surface area contributed by atoms with Crippen LogP contribution in [0.3, 0.4) is 0 Å². The third-order valence-corrected chi connectivity index (χ3v) is 4.75. The van der Waals surface area contributed by atoms with Crippen molar-refractivity contribution in [2.45, 2.75) is 13.5 Å². The highest BCUT2D eigenvalue weighted by Crippen LogP contribution is 2.22. The molecule has 1 aromatic carbocycles. The molecule has 2 aromatic heterocycles. The fourth-order valence-corrected chi connectivity index (χ4v) is 3.49. The monoisotopic (exact) mass is 338 g/mol. The summed E-state index contributed by atoms with van der Waals surface area (Å²) in [5.41, 5.74) is 4.88. The van der Waals surface area contributed by atoms with E-state index < -0.39 is 0 Å². The fraction of sp³-hybridized carbons (Fsp3) is 0.154. The van der Waals surface area contributed by atoms with Crippen LogP contribution in [0.25, 0.3) is 11.0 Å². The number of hydrogen-bond acceptors (Lipinski definition) is 2. The van der Waals surface area contributed by atoms with Gasteiger partial charge in [0.1, 0.15) is 0 Å². The summed E-state index contributed by atoms with van der Waals surface area (Å²) in [6.07, 6.45) is 0. The molecular formula is C13H11BrN2S2. The Balaban J connectivity index is 2.15. The van der Waals surface area contributed by atoms with Gasteiger partial charge in [-0.2, -0.15) is 11.3 Å². The highest BCUT2D eigenvalue weighted by molar-refractivity contribution is 9.10. The fourth-order valence-electron chi connectivity index (χ4n) is 2.01. The van der Waals surface area contributed by atoms with Crippen molar-refractivity contribution in [2.24, 2.45) is 0 Å². The first-order valence-electron chi connectivity index (χ1n) is 5.55. The highest BCUT2D eigenvalue weighted by Gasteiger charge is 2.07. The van der Waals surface area contributed by atoms with Gasteiger partial charge in [-0.25, -0.2) is 0 Å². The van der Waals surface area contributed by atoms with E-state index in [1.807, 2.05) is 6.07 Å². The van der Waals surface area contributed by atoms with Crippen LogP contribution in [0.1, 0.15) is 11.1 Å². The van der Waals surface area contributed by atoms with Crippen LogP contribution < -0.4 is 0 Å². The zero-order valence-corrected chi connectivity index (χ0v) is 13.0. The molecule has 0 atom stereocenters. The lowest BCUT2D eigenvalue weighted by Gasteiger charge is -2.04. The molecule has 3 rings (SSSR count). The first-order valence-corrected chi connectivity index (χ1v) is 7.69. The zero-order chi connectivity index (χ0) is 12.7. The van der Waals surface area contributed by atoms with E-state index in [1.165, 1.54) is 11.1 Å². The number of aromatic amines is 1. The van der Waals surface area contributed by atoms with Crippen LogP contribution in [0.15, 0.2) is 33.4 Å². The van der Waals surface area contributed by atoms with Crippen molar-refractivity contribution in [1.82, 2.24) is 9.55 Å². The SMILES string of the molecule is Cc1cscc1Cn1c(=S)[nH]c2cc(Br)ccc21. The molecule has 92 valence electrons. The third-order valence-electron chi connectivity index (χ3n) is 3.03. The van der Waals surface area contributed by atoms with Gasteiger partial charge in [0.05, 0.1) is 17.6 Å². The highest BCUT2D eigenvalue weighted by atomic mass is 79.9. The van der Waals surface area contributed by atoms with Crippen LogP contribution in [-0.4, -0.2) is 9.55 Å². The molecule has 3 aromatic rings. The number of hydrogen-bond donors (Lipinski definition) is 1. The molecule has 5 heteroatoms. The van der Waals surface area contributed by atoms with Gasteiger partial charge in [-0.15, -0.1) is 0 Å². The molecule has 0 radical (unpaired) electrons. The maximum Gasteiger partial charge on any atom is 0.178 e. The second kappa shape index (κ2) is 4.64. The molecule has 0 bridgehead atoms. The van der Waals surface area contributed by atoms with E-state index >= 15 is 0 Å². The first kappa shape index (κ1) is 12.1. The van der Waals surface area contributed by atoms with Crippen LogP contribution in [0.4, 0.5) is 0 Å². The average Bonchev–Trinajstić information content (AvgIpc) is 2.85. The largest absolute Gasteiger partial charge is 0.331 e. The molecule has 18 heavy (non-hydrogen) atoms. The summed E-state index contributed by atoms with van der Waals surface area (Å²) < 4.78 is 3.98. The minimum absolute atomic E-state index is 0.772. The maximum absolute atomic E-state index is 5.41. The van der Waals surface area contributed by atoms with Gasteiger partial charge in [-0.1, -0.05) is 15.9 Å². The predicted octanol–water partition coefficient (Wildman–Crippen LogP) is 4.88. The molecule has 2 nitrogen and oxygen atoms in total. The molecule has 0 spiro atoms. The Kier molecular flexibility index (Phi) is 3.13. The average molecular weight is 339 g/mol. The van der Waals surface area contributed by atoms with E-state index in [0.717, 1.165) is 26.8 Å². The second-order valence-corrected chi connectivity index (χ2v) is 6.30. The number of fused-ring (bicyclic) bond motifs is 1. The zero-order valence-electron chi connectivity index (χ0n) is 9.74. The van der Waals surface area contributed by atoms with Crippen LogP contribution in [0.5, 0.6) is 0 Å². The Labute approximate surface area is 122 Å². The number of benzene rings is 1. The summed E-state index contributed by atoms with van der Waals surface area (Å²) in [5.74, 6) is 0. The smallest absolute Gasteiger partial charge is 0.178 e. The summed E-state index contributed by atoms with van der Waals surface area (Å²) in [6.45, 7) is 2.97. The number of nitrogens with zero attached hydrogens (tertiary/aromatic N) is 1. The normalized spacial score (nSPS) is 11.2. The number of H-pyrrole nitrogens is 1. The van der Waals surface area contributed by atoms with Crippen molar-refractivity contribution in [3.8, 4) is 0 Å². The Morgan fingerprint density at radius 2 is 2.22 bits per heavy atom. The van der Waals surface area contributed by atoms with Gasteiger partial charge in [0.2, 0.25) is 0 Å². The summed E-state index contributed by atoms with van der Waals surface area (Å²) in [7, 11) is 0. The lowest BCUT2D eigenvalue weighted by atomic mass is 10.2. The van der Waals surface area contributed by atoms with E-state index in [4.69, 9.17) is 12.2 Å². The van der Waals surface area contributed by atoms with Crippen molar-refractivity contribution >= 4 is 50.5 Å². The lowest BCUT2D eigenvalue weighted by molar-refractivity contribution is 0.808. The molecule has 0 aliphatic carbocycles. The van der Waals surface area contributed by atoms with Crippen LogP contribution in [-0.2, 0) is 6.54 Å². The Morgan fingerprint density at radius 1 is 1.39 bits per heavy atom. The van der Waals surface area contributed by atoms with Crippen molar-refractivity contribution in [2.75, 3.05) is 0 Å². The number of halogens is 1. The van der Waals surface area contributed by atoms with Gasteiger partial charge in [0.25, 0.3) is 0 Å². The van der Waals surface area contributed by atoms with Crippen molar-refractivity contribution < 1.29 is 0 Å². The van der Waals surface area contributed by atoms with E-state index in [-0.39, 0.29) is 0 Å². The number of thiophene rings is 1. The van der Waals surface area contributed by atoms with E-state index in [2.05, 4.69) is 55.3 Å². The Morgan fingerprint density at radius 3 is 2.94 bits per heavy atom. The van der Waals surface area contributed by atoms with E-state index in [9.17, 15) is 0 Å². The minimum Gasteiger partial charge on any atom is -0.331 e. The predicted molar refractivity (Wildman–Crippen MR) is 83.0 cm³/mol. The molecule has 2 heterocycles. The minimum atomic E-state index is 0.772. The number of imidazole rings is 1. The Bertz CT molecular complexity index is 767. The summed E-state index contributed by atoms with van der Waals surface area (Å²) in [5, 5.41) is 4.36. The van der Waals surface area contributed by atoms with Crippen molar-refractivity contribution in [1.29, 1.82) is 0 Å². The molecule has 0 aliphatic heterocycles. The van der Waals surface area contributed by atoms with Crippen LogP contribution >= 0.6 is 39.5 Å². The maximum atomic E-state index is 5.41. The molecule has 1 N–H and O–H groups in total. The molecular weight excluding hydrogens is 328 g/mol. The van der Waals surface area contributed by atoms with Crippen LogP contribution in [0, 0.1) is 11.7 Å². The lowest BCUT2D eigenvalue weighted by Crippen LogP contribution is -1.99. The molecule has 0 fully saturated rings. The van der Waals surface area contributed by atoms with E-state index in [0.29, 0.717) is 0 Å². The Hall–Kier alpha value is -0.910. The standard InChI is InChI=1S/C13H11BrN2S2/c1-8-6-18-7-9(8)5-16-12-3-2-10(14)4-11(12)15-13(16)17/h2-4,6-7H,5H2,1H3,(H,15,17). The van der Waals surface area contributed by atoms with Gasteiger partial charge in [-0.05, 0) is 59.2 Å². The van der Waals surface area contributed by atoms with Gasteiger partial charge < -0.3 is 9.55 Å². The number of aryl methyl sites for hydroxylation is 1. The quantitative estimate of drug-likeness (QED) is 0.660. The summed E-state index contributed by atoms with van der Waals surface area (Å²) in [4.78, 5) is 3.25. The molecule has 0 amide bonds. The van der Waals surface area contributed by atoms with Gasteiger partial charge >= 0.3 is 0 Å². The number of aromatic nitrogens is 2. The van der Waals surface area contributed by atoms with Crippen molar-refractivity contribution in [3.05, 3.63) is 49.3 Å². The summed E-state index contributed by atoms with van der Waals surface area (Å²) >= 11 is 10.6. The molecule has 0 aliphatic rings. The van der Waals surface area contributed by atoms with E-state index in [1.54, 1.807) is 11.3 Å². The topological polar surface area (TPSA) is 20.7 Å². The molecule has 0 unspecified atom stereocenters. The third kappa shape index (κ3) is 2.06. The van der Waals surface area contributed by atoms with Crippen LogP contribution in [0.2, 0.25) is 0 Å². The number of nitrogens with one attached hydrogen (secondary N) is 1. The first-order chi connectivity index (χ1) is 8.65. The molecule has 0 saturated carbocycles. The summed E-state index contributed by atoms with van der Waals surface area (Å²) in [6, 6.07) is 6.19. The van der Waals surface area contributed by atoms with Gasteiger partial charge in [-0.3, -0.25) is 0 Å². The van der Waals surface area contributed by atoms with Gasteiger partial charge in [0.15, 0.2) is 4.77 Å². The number of rotatable bonds is 2. The van der Waals surface area contributed by atoms with Gasteiger partial charge in [0, 0.05) is 4.47 Å². The molecule has 0 saturated heterocycles. The second-order valence-electron chi connectivity index (χ2n) is 4.26. The van der Waals surface area contributed by atoms with Crippen molar-refractivity contribution in [3.63, 3.8) is 0 Å².